The number of nitrogens with zero attached hydrogens (tertiary/aromatic N) is 3. The number of rotatable bonds is 0. The van der Waals surface area contributed by atoms with E-state index in [0.717, 1.165) is 10.9 Å². The summed E-state index contributed by atoms with van der Waals surface area (Å²) in [7, 11) is 0. The molecule has 1 heterocycles. The third kappa shape index (κ3) is 0.995. The van der Waals surface area contributed by atoms with Gasteiger partial charge in [0, 0.05) is 11.6 Å². The first-order chi connectivity index (χ1) is 5.90. The molecule has 0 saturated carbocycles. The van der Waals surface area contributed by atoms with Crippen molar-refractivity contribution in [3.63, 3.8) is 0 Å². The molecule has 0 aliphatic carbocycles. The Morgan fingerprint density at radius 1 is 1.25 bits per heavy atom. The van der Waals surface area contributed by atoms with E-state index < -0.39 is 0 Å². The maximum Gasteiger partial charge on any atom is 0.232 e. The monoisotopic (exact) mass is 155 g/mol. The molecule has 2 rings (SSSR count). The molecule has 0 radical (unpaired) electrons. The van der Waals surface area contributed by atoms with Crippen LogP contribution in [0.15, 0.2) is 30.5 Å². The van der Waals surface area contributed by atoms with E-state index in [1.165, 1.54) is 0 Å². The summed E-state index contributed by atoms with van der Waals surface area (Å²) in [6.07, 6.45) is 1.65. The number of nitriles is 1. The van der Waals surface area contributed by atoms with Crippen molar-refractivity contribution in [3.8, 4) is 6.07 Å². The number of hydrogen-bond donors (Lipinski definition) is 0. The second-order valence-corrected chi connectivity index (χ2v) is 2.36. The molecule has 12 heavy (non-hydrogen) atoms. The summed E-state index contributed by atoms with van der Waals surface area (Å²) >= 11 is 0. The van der Waals surface area contributed by atoms with E-state index in [4.69, 9.17) is 5.26 Å². The van der Waals surface area contributed by atoms with Crippen molar-refractivity contribution in [2.45, 2.75) is 0 Å². The van der Waals surface area contributed by atoms with Crippen molar-refractivity contribution in [3.05, 3.63) is 36.3 Å². The highest BCUT2D eigenvalue weighted by Crippen LogP contribution is 2.08. The van der Waals surface area contributed by atoms with Gasteiger partial charge in [0.15, 0.2) is 0 Å². The zero-order valence-corrected chi connectivity index (χ0v) is 6.23. The van der Waals surface area contributed by atoms with Crippen LogP contribution in [0.5, 0.6) is 0 Å². The van der Waals surface area contributed by atoms with Crippen LogP contribution in [0, 0.1) is 11.3 Å². The molecule has 0 amide bonds. The van der Waals surface area contributed by atoms with Gasteiger partial charge in [-0.15, -0.1) is 0 Å². The Hall–Kier alpha value is -1.95. The Morgan fingerprint density at radius 2 is 2.08 bits per heavy atom. The number of benzene rings is 1. The second kappa shape index (κ2) is 2.59. The molecule has 0 bridgehead atoms. The Bertz CT molecular complexity index is 457. The van der Waals surface area contributed by atoms with Crippen LogP contribution in [0.3, 0.4) is 0 Å². The van der Waals surface area contributed by atoms with Crippen LogP contribution in [0.25, 0.3) is 10.9 Å². The Morgan fingerprint density at radius 3 is 2.92 bits per heavy atom. The molecule has 0 unspecified atom stereocenters. The van der Waals surface area contributed by atoms with E-state index in [-0.39, 0.29) is 5.82 Å². The minimum absolute atomic E-state index is 0.216. The van der Waals surface area contributed by atoms with E-state index >= 15 is 0 Å². The minimum Gasteiger partial charge on any atom is -0.227 e. The van der Waals surface area contributed by atoms with Gasteiger partial charge in [-0.3, -0.25) is 0 Å². The van der Waals surface area contributed by atoms with Crippen molar-refractivity contribution in [2.75, 3.05) is 0 Å². The summed E-state index contributed by atoms with van der Waals surface area (Å²) < 4.78 is 0. The standard InChI is InChI=1S/C9H5N3/c10-5-9-11-6-7-3-1-2-4-8(7)12-9/h1-4,6H. The van der Waals surface area contributed by atoms with Crippen LogP contribution in [-0.4, -0.2) is 9.97 Å². The molecule has 0 spiro atoms. The SMILES string of the molecule is N#Cc1ncc2ccccc2n1. The van der Waals surface area contributed by atoms with Crippen LogP contribution >= 0.6 is 0 Å². The topological polar surface area (TPSA) is 49.6 Å². The van der Waals surface area contributed by atoms with Gasteiger partial charge in [0.1, 0.15) is 6.07 Å². The highest BCUT2D eigenvalue weighted by atomic mass is 14.9. The first-order valence-corrected chi connectivity index (χ1v) is 3.52. The van der Waals surface area contributed by atoms with Crippen molar-refractivity contribution >= 4 is 10.9 Å². The normalized spacial score (nSPS) is 9.58. The summed E-state index contributed by atoms with van der Waals surface area (Å²) in [6.45, 7) is 0. The van der Waals surface area contributed by atoms with Crippen LogP contribution < -0.4 is 0 Å². The van der Waals surface area contributed by atoms with Crippen molar-refractivity contribution < 1.29 is 0 Å². The van der Waals surface area contributed by atoms with Crippen molar-refractivity contribution in [1.29, 1.82) is 5.26 Å². The van der Waals surface area contributed by atoms with Crippen LogP contribution in [0.4, 0.5) is 0 Å². The average molecular weight is 155 g/mol. The molecule has 0 N–H and O–H groups in total. The fourth-order valence-corrected chi connectivity index (χ4v) is 1.03. The maximum absolute atomic E-state index is 8.52. The van der Waals surface area contributed by atoms with E-state index in [1.54, 1.807) is 6.20 Å². The fourth-order valence-electron chi connectivity index (χ4n) is 1.03. The molecular weight excluding hydrogens is 150 g/mol. The van der Waals surface area contributed by atoms with Gasteiger partial charge in [-0.1, -0.05) is 18.2 Å². The van der Waals surface area contributed by atoms with Gasteiger partial charge in [-0.2, -0.15) is 5.26 Å². The van der Waals surface area contributed by atoms with Gasteiger partial charge in [0.2, 0.25) is 5.82 Å². The van der Waals surface area contributed by atoms with E-state index in [2.05, 4.69) is 9.97 Å². The summed E-state index contributed by atoms with van der Waals surface area (Å²) in [5.74, 6) is 0.216. The summed E-state index contributed by atoms with van der Waals surface area (Å²) in [5.41, 5.74) is 0.809. The van der Waals surface area contributed by atoms with Gasteiger partial charge in [0.05, 0.1) is 5.52 Å². The molecule has 0 saturated heterocycles. The Kier molecular flexibility index (Phi) is 1.45. The lowest BCUT2D eigenvalue weighted by molar-refractivity contribution is 1.16. The largest absolute Gasteiger partial charge is 0.232 e. The molecule has 0 fully saturated rings. The zero-order chi connectivity index (χ0) is 8.39. The van der Waals surface area contributed by atoms with Crippen LogP contribution in [0.2, 0.25) is 0 Å². The highest BCUT2D eigenvalue weighted by molar-refractivity contribution is 5.77. The summed E-state index contributed by atoms with van der Waals surface area (Å²) in [6, 6.07) is 9.47. The van der Waals surface area contributed by atoms with Crippen LogP contribution in [-0.2, 0) is 0 Å². The van der Waals surface area contributed by atoms with E-state index in [9.17, 15) is 0 Å². The summed E-state index contributed by atoms with van der Waals surface area (Å²) in [5, 5.41) is 9.48. The van der Waals surface area contributed by atoms with E-state index in [0.29, 0.717) is 0 Å². The average Bonchev–Trinajstić information content (AvgIpc) is 2.17. The lowest BCUT2D eigenvalue weighted by atomic mass is 10.2. The molecular formula is C9H5N3. The fraction of sp³-hybridized carbons (Fsp3) is 0. The van der Waals surface area contributed by atoms with Gasteiger partial charge in [-0.05, 0) is 6.07 Å². The molecule has 1 aromatic carbocycles. The third-order valence-corrected chi connectivity index (χ3v) is 1.59. The first kappa shape index (κ1) is 6.74. The maximum atomic E-state index is 8.52. The minimum atomic E-state index is 0.216. The summed E-state index contributed by atoms with van der Waals surface area (Å²) in [4.78, 5) is 7.87. The van der Waals surface area contributed by atoms with Crippen LogP contribution in [0.1, 0.15) is 5.82 Å². The van der Waals surface area contributed by atoms with Crippen molar-refractivity contribution in [1.82, 2.24) is 9.97 Å². The number of aromatic nitrogens is 2. The van der Waals surface area contributed by atoms with Crippen molar-refractivity contribution in [2.24, 2.45) is 0 Å². The van der Waals surface area contributed by atoms with E-state index in [1.807, 2.05) is 30.3 Å². The number of para-hydroxylation sites is 1. The molecule has 56 valence electrons. The molecule has 0 aliphatic rings. The number of fused-ring (bicyclic) bond motifs is 1. The van der Waals surface area contributed by atoms with Gasteiger partial charge in [0.25, 0.3) is 0 Å². The van der Waals surface area contributed by atoms with Gasteiger partial charge in [-0.25, -0.2) is 9.97 Å². The zero-order valence-electron chi connectivity index (χ0n) is 6.23. The molecule has 2 aromatic rings. The second-order valence-electron chi connectivity index (χ2n) is 2.36. The smallest absolute Gasteiger partial charge is 0.227 e. The number of hydrogen-bond acceptors (Lipinski definition) is 3. The quantitative estimate of drug-likeness (QED) is 0.579. The lowest BCUT2D eigenvalue weighted by Crippen LogP contribution is -1.87. The molecule has 3 heteroatoms. The predicted octanol–water partition coefficient (Wildman–Crippen LogP) is 1.50. The third-order valence-electron chi connectivity index (χ3n) is 1.59. The Balaban J connectivity index is 2.78. The molecule has 0 aliphatic heterocycles. The molecule has 0 atom stereocenters. The highest BCUT2D eigenvalue weighted by Gasteiger charge is 1.95. The predicted molar refractivity (Wildman–Crippen MR) is 44.3 cm³/mol. The molecule has 1 aromatic heterocycles. The first-order valence-electron chi connectivity index (χ1n) is 3.52. The van der Waals surface area contributed by atoms with Gasteiger partial charge >= 0.3 is 0 Å². The Labute approximate surface area is 69.3 Å². The molecule has 3 nitrogen and oxygen atoms in total. The lowest BCUT2D eigenvalue weighted by Gasteiger charge is -1.93. The van der Waals surface area contributed by atoms with Gasteiger partial charge < -0.3 is 0 Å².